The SMILES string of the molecule is O=C(Cc1nc2ccc(-c3ccccc3)cc2s1)NCc1nc2ccccc2[nH]1. The molecular weight excluding hydrogens is 380 g/mol. The molecule has 29 heavy (non-hydrogen) atoms. The largest absolute Gasteiger partial charge is 0.349 e. The van der Waals surface area contributed by atoms with Crippen LogP contribution in [0.4, 0.5) is 0 Å². The fourth-order valence-electron chi connectivity index (χ4n) is 3.33. The number of benzene rings is 3. The number of nitrogens with zero attached hydrogens (tertiary/aromatic N) is 2. The number of para-hydroxylation sites is 2. The van der Waals surface area contributed by atoms with Crippen LogP contribution in [0, 0.1) is 0 Å². The summed E-state index contributed by atoms with van der Waals surface area (Å²) in [7, 11) is 0. The van der Waals surface area contributed by atoms with Crippen molar-refractivity contribution in [1.82, 2.24) is 20.3 Å². The monoisotopic (exact) mass is 398 g/mol. The van der Waals surface area contributed by atoms with Gasteiger partial charge in [-0.15, -0.1) is 11.3 Å². The highest BCUT2D eigenvalue weighted by atomic mass is 32.1. The Kier molecular flexibility index (Phi) is 4.54. The zero-order valence-corrected chi connectivity index (χ0v) is 16.4. The van der Waals surface area contributed by atoms with Crippen LogP contribution in [0.5, 0.6) is 0 Å². The second kappa shape index (κ2) is 7.48. The van der Waals surface area contributed by atoms with Crippen LogP contribution in [0.1, 0.15) is 10.8 Å². The van der Waals surface area contributed by atoms with E-state index < -0.39 is 0 Å². The van der Waals surface area contributed by atoms with Crippen molar-refractivity contribution >= 4 is 38.5 Å². The molecule has 1 amide bonds. The average Bonchev–Trinajstić information content (AvgIpc) is 3.35. The maximum absolute atomic E-state index is 12.4. The first-order valence-corrected chi connectivity index (χ1v) is 10.2. The number of nitrogens with one attached hydrogen (secondary N) is 2. The molecule has 0 saturated heterocycles. The van der Waals surface area contributed by atoms with Gasteiger partial charge in [0.25, 0.3) is 0 Å². The molecule has 0 bridgehead atoms. The van der Waals surface area contributed by atoms with E-state index in [0.717, 1.165) is 37.6 Å². The summed E-state index contributed by atoms with van der Waals surface area (Å²) >= 11 is 1.56. The molecule has 5 aromatic rings. The molecule has 3 aromatic carbocycles. The lowest BCUT2D eigenvalue weighted by Crippen LogP contribution is -2.25. The third-order valence-corrected chi connectivity index (χ3v) is 5.76. The van der Waals surface area contributed by atoms with Gasteiger partial charge >= 0.3 is 0 Å². The second-order valence-corrected chi connectivity index (χ2v) is 7.93. The molecule has 5 rings (SSSR count). The fourth-order valence-corrected chi connectivity index (χ4v) is 4.33. The van der Waals surface area contributed by atoms with Gasteiger partial charge < -0.3 is 10.3 Å². The van der Waals surface area contributed by atoms with Crippen molar-refractivity contribution in [2.75, 3.05) is 0 Å². The molecule has 0 radical (unpaired) electrons. The van der Waals surface area contributed by atoms with E-state index in [-0.39, 0.29) is 12.3 Å². The Hall–Kier alpha value is -3.51. The predicted octanol–water partition coefficient (Wildman–Crippen LogP) is 4.70. The molecule has 0 saturated carbocycles. The minimum Gasteiger partial charge on any atom is -0.349 e. The van der Waals surface area contributed by atoms with Gasteiger partial charge in [0.2, 0.25) is 5.91 Å². The van der Waals surface area contributed by atoms with Gasteiger partial charge in [-0.05, 0) is 35.4 Å². The molecule has 2 N–H and O–H groups in total. The number of H-pyrrole nitrogens is 1. The van der Waals surface area contributed by atoms with Gasteiger partial charge in [-0.3, -0.25) is 4.79 Å². The highest BCUT2D eigenvalue weighted by Crippen LogP contribution is 2.28. The zero-order valence-electron chi connectivity index (χ0n) is 15.6. The number of hydrogen-bond acceptors (Lipinski definition) is 4. The van der Waals surface area contributed by atoms with Crippen LogP contribution in [-0.4, -0.2) is 20.9 Å². The standard InChI is InChI=1S/C23H18N4OS/c28-22(24-14-21-25-17-8-4-5-9-18(17)26-21)13-23-27-19-11-10-16(12-20(19)29-23)15-6-2-1-3-7-15/h1-12H,13-14H2,(H,24,28)(H,25,26). The van der Waals surface area contributed by atoms with Crippen molar-refractivity contribution in [2.45, 2.75) is 13.0 Å². The van der Waals surface area contributed by atoms with E-state index >= 15 is 0 Å². The first-order valence-electron chi connectivity index (χ1n) is 9.40. The number of imidazole rings is 1. The van der Waals surface area contributed by atoms with Crippen LogP contribution in [0.3, 0.4) is 0 Å². The lowest BCUT2D eigenvalue weighted by Gasteiger charge is -2.00. The Morgan fingerprint density at radius 3 is 2.59 bits per heavy atom. The summed E-state index contributed by atoms with van der Waals surface area (Å²) in [4.78, 5) is 24.7. The number of amides is 1. The zero-order chi connectivity index (χ0) is 19.6. The molecule has 0 aliphatic heterocycles. The van der Waals surface area contributed by atoms with Crippen molar-refractivity contribution < 1.29 is 4.79 Å². The topological polar surface area (TPSA) is 70.7 Å². The highest BCUT2D eigenvalue weighted by Gasteiger charge is 2.11. The first kappa shape index (κ1) is 17.6. The molecule has 0 aliphatic rings. The Morgan fingerprint density at radius 2 is 1.72 bits per heavy atom. The molecule has 0 fully saturated rings. The number of aromatic amines is 1. The molecule has 0 spiro atoms. The normalized spacial score (nSPS) is 11.2. The number of fused-ring (bicyclic) bond motifs is 2. The average molecular weight is 398 g/mol. The van der Waals surface area contributed by atoms with Crippen LogP contribution in [0.25, 0.3) is 32.4 Å². The maximum Gasteiger partial charge on any atom is 0.227 e. The van der Waals surface area contributed by atoms with Gasteiger partial charge in [0.15, 0.2) is 0 Å². The highest BCUT2D eigenvalue weighted by molar-refractivity contribution is 7.18. The smallest absolute Gasteiger partial charge is 0.227 e. The van der Waals surface area contributed by atoms with Crippen LogP contribution < -0.4 is 5.32 Å². The van der Waals surface area contributed by atoms with E-state index in [9.17, 15) is 4.79 Å². The summed E-state index contributed by atoms with van der Waals surface area (Å²) < 4.78 is 1.09. The summed E-state index contributed by atoms with van der Waals surface area (Å²) in [5.41, 5.74) is 5.12. The van der Waals surface area contributed by atoms with Crippen molar-refractivity contribution in [3.05, 3.63) is 83.6 Å². The molecule has 6 heteroatoms. The van der Waals surface area contributed by atoms with Crippen LogP contribution in [0.15, 0.2) is 72.8 Å². The third-order valence-electron chi connectivity index (χ3n) is 4.74. The van der Waals surface area contributed by atoms with E-state index in [1.165, 1.54) is 5.56 Å². The number of rotatable bonds is 5. The van der Waals surface area contributed by atoms with Gasteiger partial charge in [0.1, 0.15) is 10.8 Å². The Bertz CT molecular complexity index is 1270. The molecule has 0 atom stereocenters. The number of thiazole rings is 1. The van der Waals surface area contributed by atoms with Crippen molar-refractivity contribution in [3.8, 4) is 11.1 Å². The Morgan fingerprint density at radius 1 is 0.897 bits per heavy atom. The van der Waals surface area contributed by atoms with Crippen molar-refractivity contribution in [2.24, 2.45) is 0 Å². The van der Waals surface area contributed by atoms with Gasteiger partial charge in [0, 0.05) is 0 Å². The summed E-state index contributed by atoms with van der Waals surface area (Å²) in [5.74, 6) is 0.684. The summed E-state index contributed by atoms with van der Waals surface area (Å²) in [6.07, 6.45) is 0.264. The molecule has 2 heterocycles. The molecular formula is C23H18N4OS. The summed E-state index contributed by atoms with van der Waals surface area (Å²) in [6.45, 7) is 0.372. The molecule has 5 nitrogen and oxygen atoms in total. The third kappa shape index (κ3) is 3.75. The molecule has 142 valence electrons. The number of hydrogen-bond donors (Lipinski definition) is 2. The van der Waals surface area contributed by atoms with Crippen molar-refractivity contribution in [3.63, 3.8) is 0 Å². The summed E-state index contributed by atoms with van der Waals surface area (Å²) in [6, 6.07) is 24.3. The summed E-state index contributed by atoms with van der Waals surface area (Å²) in [5, 5.41) is 3.74. The van der Waals surface area contributed by atoms with Gasteiger partial charge in [-0.25, -0.2) is 9.97 Å². The van der Waals surface area contributed by atoms with Crippen LogP contribution >= 0.6 is 11.3 Å². The number of carbonyl (C=O) groups is 1. The molecule has 0 unspecified atom stereocenters. The van der Waals surface area contributed by atoms with E-state index in [1.54, 1.807) is 11.3 Å². The molecule has 2 aromatic heterocycles. The lowest BCUT2D eigenvalue weighted by molar-refractivity contribution is -0.120. The number of aromatic nitrogens is 3. The first-order chi connectivity index (χ1) is 14.2. The van der Waals surface area contributed by atoms with E-state index in [1.807, 2.05) is 48.5 Å². The van der Waals surface area contributed by atoms with Crippen LogP contribution in [-0.2, 0) is 17.8 Å². The van der Waals surface area contributed by atoms with E-state index in [2.05, 4.69) is 44.5 Å². The lowest BCUT2D eigenvalue weighted by atomic mass is 10.1. The fraction of sp³-hybridized carbons (Fsp3) is 0.0870. The van der Waals surface area contributed by atoms with Crippen molar-refractivity contribution in [1.29, 1.82) is 0 Å². The van der Waals surface area contributed by atoms with Crippen LogP contribution in [0.2, 0.25) is 0 Å². The minimum absolute atomic E-state index is 0.0622. The van der Waals surface area contributed by atoms with Gasteiger partial charge in [-0.2, -0.15) is 0 Å². The Balaban J connectivity index is 1.27. The second-order valence-electron chi connectivity index (χ2n) is 6.81. The van der Waals surface area contributed by atoms with E-state index in [4.69, 9.17) is 0 Å². The van der Waals surface area contributed by atoms with Gasteiger partial charge in [0.05, 0.1) is 34.2 Å². The van der Waals surface area contributed by atoms with Gasteiger partial charge in [-0.1, -0.05) is 48.5 Å². The quantitative estimate of drug-likeness (QED) is 0.451. The minimum atomic E-state index is -0.0622. The van der Waals surface area contributed by atoms with E-state index in [0.29, 0.717) is 6.54 Å². The number of carbonyl (C=O) groups excluding carboxylic acids is 1. The predicted molar refractivity (Wildman–Crippen MR) is 117 cm³/mol. The molecule has 0 aliphatic carbocycles. The maximum atomic E-state index is 12.4. The Labute approximate surface area is 171 Å².